The summed E-state index contributed by atoms with van der Waals surface area (Å²) in [5.74, 6) is -0.355. The molecule has 2 rings (SSSR count). The van der Waals surface area contributed by atoms with Gasteiger partial charge in [0.2, 0.25) is 5.91 Å². The van der Waals surface area contributed by atoms with Gasteiger partial charge in [0.05, 0.1) is 0 Å². The third-order valence-electron chi connectivity index (χ3n) is 2.89. The van der Waals surface area contributed by atoms with Crippen molar-refractivity contribution in [2.45, 2.75) is 32.1 Å². The number of nitrogens with zero attached hydrogens (tertiary/aromatic N) is 1. The van der Waals surface area contributed by atoms with Crippen molar-refractivity contribution in [3.63, 3.8) is 0 Å². The van der Waals surface area contributed by atoms with E-state index in [1.54, 1.807) is 12.1 Å². The van der Waals surface area contributed by atoms with Crippen molar-refractivity contribution < 1.29 is 9.18 Å². The van der Waals surface area contributed by atoms with Crippen molar-refractivity contribution in [3.8, 4) is 0 Å². The summed E-state index contributed by atoms with van der Waals surface area (Å²) >= 11 is 0. The SMILES string of the molecule is CCCC1=NNC(=O)CC1c1ccc(F)cc1. The smallest absolute Gasteiger partial charge is 0.241 e. The Kier molecular flexibility index (Phi) is 3.52. The summed E-state index contributed by atoms with van der Waals surface area (Å²) in [4.78, 5) is 11.4. The highest BCUT2D eigenvalue weighted by atomic mass is 19.1. The molecule has 1 amide bonds. The molecule has 90 valence electrons. The second kappa shape index (κ2) is 5.08. The van der Waals surface area contributed by atoms with Gasteiger partial charge >= 0.3 is 0 Å². The fraction of sp³-hybridized carbons (Fsp3) is 0.385. The third-order valence-corrected chi connectivity index (χ3v) is 2.89. The summed E-state index contributed by atoms with van der Waals surface area (Å²) in [6.07, 6.45) is 2.22. The molecule has 1 aliphatic heterocycles. The maximum absolute atomic E-state index is 12.9. The highest BCUT2D eigenvalue weighted by Gasteiger charge is 2.25. The zero-order chi connectivity index (χ0) is 12.3. The summed E-state index contributed by atoms with van der Waals surface area (Å²) in [5, 5.41) is 4.10. The molecule has 1 unspecified atom stereocenters. The first kappa shape index (κ1) is 11.8. The predicted octanol–water partition coefficient (Wildman–Crippen LogP) is 2.59. The Morgan fingerprint density at radius 3 is 2.76 bits per heavy atom. The molecule has 0 radical (unpaired) electrons. The van der Waals surface area contributed by atoms with Crippen LogP contribution in [0.15, 0.2) is 29.4 Å². The average Bonchev–Trinajstić information content (AvgIpc) is 2.33. The first-order valence-electron chi connectivity index (χ1n) is 5.81. The number of halogens is 1. The number of amides is 1. The Morgan fingerprint density at radius 1 is 1.41 bits per heavy atom. The minimum atomic E-state index is -0.261. The molecule has 0 aliphatic carbocycles. The highest BCUT2D eigenvalue weighted by Crippen LogP contribution is 2.26. The lowest BCUT2D eigenvalue weighted by Gasteiger charge is -2.22. The lowest BCUT2D eigenvalue weighted by molar-refractivity contribution is -0.121. The third kappa shape index (κ3) is 2.70. The van der Waals surface area contributed by atoms with E-state index in [-0.39, 0.29) is 17.6 Å². The van der Waals surface area contributed by atoms with Crippen molar-refractivity contribution in [1.82, 2.24) is 5.43 Å². The zero-order valence-corrected chi connectivity index (χ0v) is 9.74. The standard InChI is InChI=1S/C13H15FN2O/c1-2-3-12-11(8-13(17)16-15-12)9-4-6-10(14)7-5-9/h4-7,11H,2-3,8H2,1H3,(H,16,17). The van der Waals surface area contributed by atoms with Crippen LogP contribution in [0.3, 0.4) is 0 Å². The van der Waals surface area contributed by atoms with Gasteiger partial charge in [0.25, 0.3) is 0 Å². The van der Waals surface area contributed by atoms with Crippen LogP contribution >= 0.6 is 0 Å². The molecule has 0 saturated carbocycles. The first-order valence-corrected chi connectivity index (χ1v) is 5.81. The molecular weight excluding hydrogens is 219 g/mol. The van der Waals surface area contributed by atoms with Crippen LogP contribution in [-0.4, -0.2) is 11.6 Å². The number of carbonyl (C=O) groups is 1. The summed E-state index contributed by atoms with van der Waals surface area (Å²) < 4.78 is 12.9. The largest absolute Gasteiger partial charge is 0.273 e. The summed E-state index contributed by atoms with van der Waals surface area (Å²) in [6, 6.07) is 6.30. The lowest BCUT2D eigenvalue weighted by atomic mass is 9.88. The fourth-order valence-electron chi connectivity index (χ4n) is 2.05. The van der Waals surface area contributed by atoms with E-state index in [2.05, 4.69) is 17.5 Å². The van der Waals surface area contributed by atoms with Gasteiger partial charge in [0.1, 0.15) is 5.82 Å². The van der Waals surface area contributed by atoms with Crippen molar-refractivity contribution in [3.05, 3.63) is 35.6 Å². The monoisotopic (exact) mass is 234 g/mol. The Labute approximate surface area is 99.7 Å². The van der Waals surface area contributed by atoms with E-state index < -0.39 is 0 Å². The second-order valence-electron chi connectivity index (χ2n) is 4.20. The Morgan fingerprint density at radius 2 is 2.12 bits per heavy atom. The van der Waals surface area contributed by atoms with Gasteiger partial charge in [-0.25, -0.2) is 9.82 Å². The Hall–Kier alpha value is -1.71. The molecule has 1 heterocycles. The molecule has 1 aliphatic rings. The van der Waals surface area contributed by atoms with Crippen LogP contribution in [0.1, 0.15) is 37.7 Å². The molecule has 3 nitrogen and oxygen atoms in total. The van der Waals surface area contributed by atoms with Gasteiger partial charge in [0.15, 0.2) is 0 Å². The van der Waals surface area contributed by atoms with Gasteiger partial charge in [-0.2, -0.15) is 5.10 Å². The number of benzene rings is 1. The molecule has 1 aromatic rings. The molecule has 1 aromatic carbocycles. The molecule has 1 N–H and O–H groups in total. The highest BCUT2D eigenvalue weighted by molar-refractivity contribution is 5.98. The van der Waals surface area contributed by atoms with Gasteiger partial charge in [-0.1, -0.05) is 25.5 Å². The first-order chi connectivity index (χ1) is 8.20. The lowest BCUT2D eigenvalue weighted by Crippen LogP contribution is -2.31. The van der Waals surface area contributed by atoms with Gasteiger partial charge in [-0.05, 0) is 24.1 Å². The summed E-state index contributed by atoms with van der Waals surface area (Å²) in [6.45, 7) is 2.07. The van der Waals surface area contributed by atoms with Crippen LogP contribution < -0.4 is 5.43 Å². The van der Waals surface area contributed by atoms with Crippen molar-refractivity contribution in [2.24, 2.45) is 5.10 Å². The van der Waals surface area contributed by atoms with E-state index in [1.807, 2.05) is 0 Å². The van der Waals surface area contributed by atoms with Crippen LogP contribution in [0.2, 0.25) is 0 Å². The molecule has 17 heavy (non-hydrogen) atoms. The molecule has 0 aromatic heterocycles. The predicted molar refractivity (Wildman–Crippen MR) is 64.2 cm³/mol. The average molecular weight is 234 g/mol. The summed E-state index contributed by atoms with van der Waals surface area (Å²) in [5.41, 5.74) is 4.43. The van der Waals surface area contributed by atoms with Crippen LogP contribution in [0.4, 0.5) is 4.39 Å². The quantitative estimate of drug-likeness (QED) is 0.858. The maximum Gasteiger partial charge on any atom is 0.241 e. The zero-order valence-electron chi connectivity index (χ0n) is 9.74. The minimum absolute atomic E-state index is 0.00991. The number of hydrogen-bond acceptors (Lipinski definition) is 2. The normalized spacial score (nSPS) is 19.8. The van der Waals surface area contributed by atoms with E-state index in [4.69, 9.17) is 0 Å². The topological polar surface area (TPSA) is 41.5 Å². The van der Waals surface area contributed by atoms with Gasteiger partial charge < -0.3 is 0 Å². The molecule has 0 fully saturated rings. The van der Waals surface area contributed by atoms with Crippen molar-refractivity contribution in [2.75, 3.05) is 0 Å². The van der Waals surface area contributed by atoms with Gasteiger partial charge in [-0.3, -0.25) is 4.79 Å². The molecule has 0 spiro atoms. The van der Waals surface area contributed by atoms with E-state index in [1.165, 1.54) is 12.1 Å². The minimum Gasteiger partial charge on any atom is -0.273 e. The summed E-state index contributed by atoms with van der Waals surface area (Å²) in [7, 11) is 0. The number of nitrogens with one attached hydrogen (secondary N) is 1. The maximum atomic E-state index is 12.9. The molecular formula is C13H15FN2O. The molecule has 1 atom stereocenters. The molecule has 0 saturated heterocycles. The van der Waals surface area contributed by atoms with Crippen LogP contribution in [-0.2, 0) is 4.79 Å². The second-order valence-corrected chi connectivity index (χ2v) is 4.20. The van der Waals surface area contributed by atoms with Crippen molar-refractivity contribution in [1.29, 1.82) is 0 Å². The number of hydrogen-bond donors (Lipinski definition) is 1. The molecule has 4 heteroatoms. The Bertz CT molecular complexity index is 439. The Balaban J connectivity index is 2.27. The van der Waals surface area contributed by atoms with Crippen LogP contribution in [0.25, 0.3) is 0 Å². The van der Waals surface area contributed by atoms with E-state index in [0.717, 1.165) is 24.1 Å². The van der Waals surface area contributed by atoms with Crippen LogP contribution in [0.5, 0.6) is 0 Å². The number of hydrazone groups is 1. The number of rotatable bonds is 3. The van der Waals surface area contributed by atoms with Gasteiger partial charge in [0, 0.05) is 18.1 Å². The van der Waals surface area contributed by atoms with E-state index in [0.29, 0.717) is 6.42 Å². The van der Waals surface area contributed by atoms with E-state index >= 15 is 0 Å². The van der Waals surface area contributed by atoms with Crippen molar-refractivity contribution >= 4 is 11.6 Å². The van der Waals surface area contributed by atoms with Crippen LogP contribution in [0, 0.1) is 5.82 Å². The number of carbonyl (C=O) groups excluding carboxylic acids is 1. The van der Waals surface area contributed by atoms with E-state index in [9.17, 15) is 9.18 Å². The fourth-order valence-corrected chi connectivity index (χ4v) is 2.05. The van der Waals surface area contributed by atoms with Gasteiger partial charge in [-0.15, -0.1) is 0 Å². The molecule has 0 bridgehead atoms.